The Morgan fingerprint density at radius 3 is 2.76 bits per heavy atom. The summed E-state index contributed by atoms with van der Waals surface area (Å²) in [6.45, 7) is 3.84. The molecule has 0 spiro atoms. The van der Waals surface area contributed by atoms with E-state index in [0.29, 0.717) is 23.6 Å². The summed E-state index contributed by atoms with van der Waals surface area (Å²) in [5, 5.41) is 5.21. The molecule has 150 valence electrons. The molecule has 7 nitrogen and oxygen atoms in total. The normalized spacial score (nSPS) is 14.9. The highest BCUT2D eigenvalue weighted by molar-refractivity contribution is 9.10. The number of imide groups is 1. The minimum absolute atomic E-state index is 0.0809. The molecule has 2 N–H and O–H groups in total. The van der Waals surface area contributed by atoms with Gasteiger partial charge in [0.05, 0.1) is 6.61 Å². The predicted octanol–water partition coefficient (Wildman–Crippen LogP) is 3.69. The fraction of sp³-hybridized carbons (Fsp3) is 0.190. The number of anilines is 1. The number of urea groups is 1. The number of ether oxygens (including phenoxy) is 1. The number of carbonyl (C=O) groups excluding carboxylic acids is 3. The second-order valence-electron chi connectivity index (χ2n) is 6.41. The van der Waals surface area contributed by atoms with Crippen molar-refractivity contribution in [3.8, 4) is 5.75 Å². The Labute approximate surface area is 176 Å². The van der Waals surface area contributed by atoms with Crippen LogP contribution >= 0.6 is 15.9 Å². The van der Waals surface area contributed by atoms with Gasteiger partial charge >= 0.3 is 6.03 Å². The van der Waals surface area contributed by atoms with E-state index in [-0.39, 0.29) is 12.2 Å². The lowest BCUT2D eigenvalue weighted by molar-refractivity contribution is -0.127. The largest absolute Gasteiger partial charge is 0.493 e. The molecule has 29 heavy (non-hydrogen) atoms. The second-order valence-corrected chi connectivity index (χ2v) is 7.33. The molecule has 1 saturated heterocycles. The van der Waals surface area contributed by atoms with Gasteiger partial charge in [-0.25, -0.2) is 9.69 Å². The number of hydrogen-bond donors (Lipinski definition) is 2. The lowest BCUT2D eigenvalue weighted by Gasteiger charge is -2.12. The maximum Gasteiger partial charge on any atom is 0.329 e. The van der Waals surface area contributed by atoms with Crippen molar-refractivity contribution in [2.75, 3.05) is 18.5 Å². The van der Waals surface area contributed by atoms with E-state index in [1.165, 1.54) is 6.08 Å². The average Bonchev–Trinajstić information content (AvgIpc) is 2.91. The number of nitrogens with one attached hydrogen (secondary N) is 2. The van der Waals surface area contributed by atoms with Gasteiger partial charge in [-0.15, -0.1) is 0 Å². The fourth-order valence-corrected chi connectivity index (χ4v) is 3.24. The summed E-state index contributed by atoms with van der Waals surface area (Å²) >= 11 is 3.38. The number of nitrogens with zero attached hydrogens (tertiary/aromatic N) is 1. The first-order valence-corrected chi connectivity index (χ1v) is 9.80. The standard InChI is InChI=1S/C21H20BrN3O4/c1-3-29-18-8-7-15(22)10-14(18)11-17-20(27)25(21(28)24-17)12-19(26)23-16-6-4-5-13(2)9-16/h4-11H,3,12H2,1-2H3,(H,23,26)(H,24,28)/b17-11+. The van der Waals surface area contributed by atoms with Gasteiger partial charge < -0.3 is 15.4 Å². The Bertz CT molecular complexity index is 1000. The molecule has 2 aromatic carbocycles. The Balaban J connectivity index is 1.75. The van der Waals surface area contributed by atoms with Crippen LogP contribution in [0.15, 0.2) is 52.6 Å². The first-order valence-electron chi connectivity index (χ1n) is 9.01. The smallest absolute Gasteiger partial charge is 0.329 e. The van der Waals surface area contributed by atoms with Gasteiger partial charge in [0.15, 0.2) is 0 Å². The molecule has 1 heterocycles. The van der Waals surface area contributed by atoms with Crippen LogP contribution in [0.4, 0.5) is 10.5 Å². The Kier molecular flexibility index (Phi) is 6.33. The number of rotatable bonds is 6. The van der Waals surface area contributed by atoms with Crippen molar-refractivity contribution in [3.05, 3.63) is 63.8 Å². The first-order chi connectivity index (χ1) is 13.9. The summed E-state index contributed by atoms with van der Waals surface area (Å²) in [6.07, 6.45) is 1.54. The van der Waals surface area contributed by atoms with Crippen LogP contribution < -0.4 is 15.4 Å². The van der Waals surface area contributed by atoms with Crippen LogP contribution in [0.25, 0.3) is 6.08 Å². The Hall–Kier alpha value is -3.13. The summed E-state index contributed by atoms with van der Waals surface area (Å²) in [5.74, 6) is -0.449. The van der Waals surface area contributed by atoms with Crippen LogP contribution in [0, 0.1) is 6.92 Å². The van der Waals surface area contributed by atoms with Crippen LogP contribution in [-0.4, -0.2) is 35.9 Å². The van der Waals surface area contributed by atoms with Gasteiger partial charge in [0.1, 0.15) is 18.0 Å². The Morgan fingerprint density at radius 1 is 1.24 bits per heavy atom. The quantitative estimate of drug-likeness (QED) is 0.511. The molecule has 1 fully saturated rings. The summed E-state index contributed by atoms with van der Waals surface area (Å²) in [7, 11) is 0. The highest BCUT2D eigenvalue weighted by atomic mass is 79.9. The molecule has 0 saturated carbocycles. The van der Waals surface area contributed by atoms with Gasteiger partial charge in [0.25, 0.3) is 5.91 Å². The SMILES string of the molecule is CCOc1ccc(Br)cc1/C=C1/NC(=O)N(CC(=O)Nc2cccc(C)c2)C1=O. The van der Waals surface area contributed by atoms with Gasteiger partial charge in [0, 0.05) is 15.7 Å². The summed E-state index contributed by atoms with van der Waals surface area (Å²) in [6, 6.07) is 12.0. The third-order valence-electron chi connectivity index (χ3n) is 4.14. The van der Waals surface area contributed by atoms with Crippen molar-refractivity contribution in [1.29, 1.82) is 0 Å². The number of amides is 4. The predicted molar refractivity (Wildman–Crippen MR) is 113 cm³/mol. The maximum absolute atomic E-state index is 12.7. The number of hydrogen-bond acceptors (Lipinski definition) is 4. The van der Waals surface area contributed by atoms with Crippen LogP contribution in [-0.2, 0) is 9.59 Å². The molecular formula is C21H20BrN3O4. The lowest BCUT2D eigenvalue weighted by Crippen LogP contribution is -2.38. The average molecular weight is 458 g/mol. The fourth-order valence-electron chi connectivity index (χ4n) is 2.86. The van der Waals surface area contributed by atoms with Crippen LogP contribution in [0.3, 0.4) is 0 Å². The molecule has 2 aromatic rings. The summed E-state index contributed by atoms with van der Waals surface area (Å²) < 4.78 is 6.37. The highest BCUT2D eigenvalue weighted by Gasteiger charge is 2.35. The number of aryl methyl sites for hydroxylation is 1. The van der Waals surface area contributed by atoms with E-state index < -0.39 is 17.8 Å². The molecule has 0 unspecified atom stereocenters. The molecule has 3 rings (SSSR count). The molecule has 0 bridgehead atoms. The molecule has 0 aliphatic carbocycles. The number of halogens is 1. The lowest BCUT2D eigenvalue weighted by atomic mass is 10.1. The molecule has 0 atom stereocenters. The van der Waals surface area contributed by atoms with Crippen LogP contribution in [0.5, 0.6) is 5.75 Å². The molecule has 0 aromatic heterocycles. The topological polar surface area (TPSA) is 87.7 Å². The van der Waals surface area contributed by atoms with Crippen LogP contribution in [0.1, 0.15) is 18.1 Å². The Morgan fingerprint density at radius 2 is 2.03 bits per heavy atom. The van der Waals surface area contributed by atoms with E-state index in [4.69, 9.17) is 4.74 Å². The molecule has 8 heteroatoms. The zero-order valence-corrected chi connectivity index (χ0v) is 17.6. The molecule has 4 amide bonds. The summed E-state index contributed by atoms with van der Waals surface area (Å²) in [4.78, 5) is 38.1. The van der Waals surface area contributed by atoms with E-state index >= 15 is 0 Å². The molecule has 0 radical (unpaired) electrons. The van der Waals surface area contributed by atoms with Gasteiger partial charge in [-0.2, -0.15) is 0 Å². The van der Waals surface area contributed by atoms with Crippen molar-refractivity contribution in [2.24, 2.45) is 0 Å². The van der Waals surface area contributed by atoms with Crippen molar-refractivity contribution in [1.82, 2.24) is 10.2 Å². The van der Waals surface area contributed by atoms with Gasteiger partial charge in [-0.1, -0.05) is 28.1 Å². The van der Waals surface area contributed by atoms with E-state index in [2.05, 4.69) is 26.6 Å². The van der Waals surface area contributed by atoms with Crippen molar-refractivity contribution in [2.45, 2.75) is 13.8 Å². The van der Waals surface area contributed by atoms with E-state index in [1.807, 2.05) is 32.0 Å². The van der Waals surface area contributed by atoms with Gasteiger partial charge in [-0.05, 0) is 55.8 Å². The maximum atomic E-state index is 12.7. The van der Waals surface area contributed by atoms with Crippen molar-refractivity contribution >= 4 is 45.5 Å². The van der Waals surface area contributed by atoms with Gasteiger partial charge in [0.2, 0.25) is 5.91 Å². The zero-order valence-electron chi connectivity index (χ0n) is 16.0. The van der Waals surface area contributed by atoms with Crippen LogP contribution in [0.2, 0.25) is 0 Å². The zero-order chi connectivity index (χ0) is 21.0. The van der Waals surface area contributed by atoms with E-state index in [1.54, 1.807) is 24.3 Å². The minimum atomic E-state index is -0.645. The number of benzene rings is 2. The number of carbonyl (C=O) groups is 3. The molecular weight excluding hydrogens is 438 g/mol. The minimum Gasteiger partial charge on any atom is -0.493 e. The van der Waals surface area contributed by atoms with E-state index in [0.717, 1.165) is 14.9 Å². The van der Waals surface area contributed by atoms with Crippen molar-refractivity contribution in [3.63, 3.8) is 0 Å². The van der Waals surface area contributed by atoms with Gasteiger partial charge in [-0.3, -0.25) is 9.59 Å². The monoisotopic (exact) mass is 457 g/mol. The first kappa shape index (κ1) is 20.6. The molecule has 1 aliphatic rings. The van der Waals surface area contributed by atoms with E-state index in [9.17, 15) is 14.4 Å². The summed E-state index contributed by atoms with van der Waals surface area (Å²) in [5.41, 5.74) is 2.31. The molecule has 1 aliphatic heterocycles. The third-order valence-corrected chi connectivity index (χ3v) is 4.63. The third kappa shape index (κ3) is 5.03. The van der Waals surface area contributed by atoms with Crippen molar-refractivity contribution < 1.29 is 19.1 Å². The highest BCUT2D eigenvalue weighted by Crippen LogP contribution is 2.26. The second kappa shape index (κ2) is 8.91.